The lowest BCUT2D eigenvalue weighted by atomic mass is 9.76. The van der Waals surface area contributed by atoms with Crippen LogP contribution in [0.15, 0.2) is 30.3 Å². The molecule has 1 aliphatic heterocycles. The first-order chi connectivity index (χ1) is 8.29. The molecule has 0 unspecified atom stereocenters. The molecule has 1 aliphatic carbocycles. The van der Waals surface area contributed by atoms with E-state index in [1.807, 2.05) is 35.2 Å². The molecule has 1 spiro atoms. The second-order valence-corrected chi connectivity index (χ2v) is 5.51. The second kappa shape index (κ2) is 4.17. The van der Waals surface area contributed by atoms with Crippen LogP contribution in [0, 0.1) is 5.41 Å². The van der Waals surface area contributed by atoms with E-state index in [0.29, 0.717) is 11.3 Å². The summed E-state index contributed by atoms with van der Waals surface area (Å²) in [6.45, 7) is 0.906. The molecular formula is C15H19NO. The average molecular weight is 229 g/mol. The molecule has 1 aromatic carbocycles. The Hall–Kier alpha value is -1.31. The van der Waals surface area contributed by atoms with Crippen LogP contribution >= 0.6 is 0 Å². The monoisotopic (exact) mass is 229 g/mol. The number of para-hydroxylation sites is 1. The molecule has 0 bridgehead atoms. The first-order valence-electron chi connectivity index (χ1n) is 6.65. The molecule has 0 aromatic heterocycles. The zero-order chi connectivity index (χ0) is 11.7. The van der Waals surface area contributed by atoms with Crippen molar-refractivity contribution in [1.82, 2.24) is 0 Å². The molecule has 1 aromatic rings. The number of rotatable bonds is 1. The normalized spacial score (nSPS) is 23.3. The van der Waals surface area contributed by atoms with E-state index in [4.69, 9.17) is 0 Å². The first kappa shape index (κ1) is 10.8. The van der Waals surface area contributed by atoms with Crippen molar-refractivity contribution in [2.24, 2.45) is 5.41 Å². The molecule has 2 aliphatic rings. The molecule has 17 heavy (non-hydrogen) atoms. The molecule has 2 fully saturated rings. The van der Waals surface area contributed by atoms with Gasteiger partial charge in [0, 0.05) is 18.7 Å². The highest BCUT2D eigenvalue weighted by Gasteiger charge is 2.40. The highest BCUT2D eigenvalue weighted by molar-refractivity contribution is 5.94. The van der Waals surface area contributed by atoms with Crippen LogP contribution in [0.25, 0.3) is 0 Å². The van der Waals surface area contributed by atoms with Gasteiger partial charge in [-0.3, -0.25) is 4.79 Å². The van der Waals surface area contributed by atoms with Gasteiger partial charge >= 0.3 is 0 Å². The molecule has 1 saturated heterocycles. The fourth-order valence-corrected chi connectivity index (χ4v) is 3.41. The number of hydrogen-bond acceptors (Lipinski definition) is 1. The smallest absolute Gasteiger partial charge is 0.227 e. The zero-order valence-electron chi connectivity index (χ0n) is 10.2. The van der Waals surface area contributed by atoms with E-state index < -0.39 is 0 Å². The van der Waals surface area contributed by atoms with Gasteiger partial charge in [-0.25, -0.2) is 0 Å². The van der Waals surface area contributed by atoms with Crippen LogP contribution in [-0.2, 0) is 4.79 Å². The van der Waals surface area contributed by atoms with E-state index in [1.165, 1.54) is 32.1 Å². The van der Waals surface area contributed by atoms with Gasteiger partial charge in [-0.05, 0) is 36.8 Å². The van der Waals surface area contributed by atoms with Crippen molar-refractivity contribution < 1.29 is 4.79 Å². The van der Waals surface area contributed by atoms with Crippen LogP contribution in [-0.4, -0.2) is 12.5 Å². The van der Waals surface area contributed by atoms with E-state index in [-0.39, 0.29) is 0 Å². The van der Waals surface area contributed by atoms with Gasteiger partial charge in [0.15, 0.2) is 0 Å². The Balaban J connectivity index is 1.77. The predicted molar refractivity (Wildman–Crippen MR) is 68.9 cm³/mol. The van der Waals surface area contributed by atoms with E-state index in [1.54, 1.807) is 0 Å². The molecule has 3 rings (SSSR count). The SMILES string of the molecule is O=C1CC2(CCCC2)CCN1c1ccccc1. The number of carbonyl (C=O) groups excluding carboxylic acids is 1. The van der Waals surface area contributed by atoms with E-state index in [2.05, 4.69) is 0 Å². The topological polar surface area (TPSA) is 20.3 Å². The maximum atomic E-state index is 12.3. The van der Waals surface area contributed by atoms with Gasteiger partial charge in [-0.1, -0.05) is 31.0 Å². The van der Waals surface area contributed by atoms with E-state index in [0.717, 1.165) is 18.7 Å². The fourth-order valence-electron chi connectivity index (χ4n) is 3.41. The Bertz CT molecular complexity index is 406. The molecule has 90 valence electrons. The number of piperidine rings is 1. The standard InChI is InChI=1S/C15H19NO/c17-14-12-15(8-4-5-9-15)10-11-16(14)13-6-2-1-3-7-13/h1-3,6-7H,4-5,8-12H2. The lowest BCUT2D eigenvalue weighted by Gasteiger charge is -2.38. The van der Waals surface area contributed by atoms with Crippen LogP contribution in [0.5, 0.6) is 0 Å². The molecule has 0 N–H and O–H groups in total. The summed E-state index contributed by atoms with van der Waals surface area (Å²) in [7, 11) is 0. The van der Waals surface area contributed by atoms with Gasteiger partial charge in [-0.15, -0.1) is 0 Å². The van der Waals surface area contributed by atoms with Gasteiger partial charge in [0.2, 0.25) is 5.91 Å². The van der Waals surface area contributed by atoms with Crippen molar-refractivity contribution in [3.05, 3.63) is 30.3 Å². The van der Waals surface area contributed by atoms with Crippen molar-refractivity contribution in [1.29, 1.82) is 0 Å². The summed E-state index contributed by atoms with van der Waals surface area (Å²) >= 11 is 0. The van der Waals surface area contributed by atoms with Gasteiger partial charge in [0.25, 0.3) is 0 Å². The molecule has 1 heterocycles. The largest absolute Gasteiger partial charge is 0.312 e. The lowest BCUT2D eigenvalue weighted by Crippen LogP contribution is -2.43. The number of carbonyl (C=O) groups is 1. The summed E-state index contributed by atoms with van der Waals surface area (Å²) < 4.78 is 0. The van der Waals surface area contributed by atoms with Crippen LogP contribution in [0.2, 0.25) is 0 Å². The lowest BCUT2D eigenvalue weighted by molar-refractivity contribution is -0.122. The third-order valence-corrected chi connectivity index (χ3v) is 4.43. The Kier molecular flexibility index (Phi) is 2.65. The number of hydrogen-bond donors (Lipinski definition) is 0. The number of nitrogens with zero attached hydrogens (tertiary/aromatic N) is 1. The van der Waals surface area contributed by atoms with Crippen molar-refractivity contribution in [3.8, 4) is 0 Å². The van der Waals surface area contributed by atoms with Crippen LogP contribution in [0.4, 0.5) is 5.69 Å². The summed E-state index contributed by atoms with van der Waals surface area (Å²) in [5.41, 5.74) is 1.42. The Morgan fingerprint density at radius 1 is 1.00 bits per heavy atom. The van der Waals surface area contributed by atoms with Gasteiger partial charge in [0.05, 0.1) is 0 Å². The molecule has 1 saturated carbocycles. The number of benzene rings is 1. The highest BCUT2D eigenvalue weighted by Crippen LogP contribution is 2.47. The molecule has 0 radical (unpaired) electrons. The summed E-state index contributed by atoms with van der Waals surface area (Å²) in [5.74, 6) is 0.323. The van der Waals surface area contributed by atoms with Crippen molar-refractivity contribution in [3.63, 3.8) is 0 Å². The van der Waals surface area contributed by atoms with E-state index >= 15 is 0 Å². The van der Waals surface area contributed by atoms with Crippen LogP contribution < -0.4 is 4.90 Å². The maximum absolute atomic E-state index is 12.3. The summed E-state index contributed by atoms with van der Waals surface area (Å²) in [4.78, 5) is 14.2. The van der Waals surface area contributed by atoms with Gasteiger partial charge < -0.3 is 4.90 Å². The fraction of sp³-hybridized carbons (Fsp3) is 0.533. The summed E-state index contributed by atoms with van der Waals surface area (Å²) in [6.07, 6.45) is 7.12. The molecule has 0 atom stereocenters. The van der Waals surface area contributed by atoms with Crippen molar-refractivity contribution in [2.45, 2.75) is 38.5 Å². The molecule has 1 amide bonds. The third-order valence-electron chi connectivity index (χ3n) is 4.43. The number of anilines is 1. The van der Waals surface area contributed by atoms with Crippen LogP contribution in [0.3, 0.4) is 0 Å². The molecule has 2 heteroatoms. The predicted octanol–water partition coefficient (Wildman–Crippen LogP) is 3.37. The minimum Gasteiger partial charge on any atom is -0.312 e. The maximum Gasteiger partial charge on any atom is 0.227 e. The third kappa shape index (κ3) is 1.97. The Labute approximate surface area is 103 Å². The first-order valence-corrected chi connectivity index (χ1v) is 6.65. The minimum atomic E-state index is 0.323. The van der Waals surface area contributed by atoms with Gasteiger partial charge in [-0.2, -0.15) is 0 Å². The van der Waals surface area contributed by atoms with Crippen molar-refractivity contribution >= 4 is 11.6 Å². The minimum absolute atomic E-state index is 0.323. The Morgan fingerprint density at radius 3 is 2.35 bits per heavy atom. The number of amides is 1. The van der Waals surface area contributed by atoms with Crippen LogP contribution in [0.1, 0.15) is 38.5 Å². The molecular weight excluding hydrogens is 210 g/mol. The van der Waals surface area contributed by atoms with Gasteiger partial charge in [0.1, 0.15) is 0 Å². The zero-order valence-corrected chi connectivity index (χ0v) is 10.2. The average Bonchev–Trinajstić information content (AvgIpc) is 2.79. The van der Waals surface area contributed by atoms with Crippen molar-refractivity contribution in [2.75, 3.05) is 11.4 Å². The quantitative estimate of drug-likeness (QED) is 0.723. The Morgan fingerprint density at radius 2 is 1.71 bits per heavy atom. The summed E-state index contributed by atoms with van der Waals surface area (Å²) in [5, 5.41) is 0. The van der Waals surface area contributed by atoms with E-state index in [9.17, 15) is 4.79 Å². The summed E-state index contributed by atoms with van der Waals surface area (Å²) in [6, 6.07) is 10.1. The second-order valence-electron chi connectivity index (χ2n) is 5.51. The molecule has 2 nitrogen and oxygen atoms in total. The highest BCUT2D eigenvalue weighted by atomic mass is 16.2.